The third kappa shape index (κ3) is 4.64. The molecule has 1 aliphatic heterocycles. The van der Waals surface area contributed by atoms with Gasteiger partial charge in [0.05, 0.1) is 35.7 Å². The van der Waals surface area contributed by atoms with Gasteiger partial charge in [0.1, 0.15) is 0 Å². The maximum absolute atomic E-state index is 12.6. The van der Waals surface area contributed by atoms with Crippen LogP contribution in [-0.4, -0.2) is 46.9 Å². The van der Waals surface area contributed by atoms with Crippen LogP contribution >= 0.6 is 23.5 Å². The Hall–Kier alpha value is -1.71. The highest BCUT2D eigenvalue weighted by Gasteiger charge is 2.29. The zero-order chi connectivity index (χ0) is 19.7. The second kappa shape index (κ2) is 8.34. The molecule has 2 aromatic rings. The van der Waals surface area contributed by atoms with Gasteiger partial charge in [-0.25, -0.2) is 4.79 Å². The number of hydrogen-bond acceptors (Lipinski definition) is 6. The number of anilines is 2. The number of urea groups is 1. The predicted octanol–water partition coefficient (Wildman–Crippen LogP) is 3.95. The standard InChI is InChI=1S/C19H28N6OS2/c1-13-9-17(18(27-13)14-6-7-14)21-19(26)22-28-25(16-10-20-24(3)12-16)15-5-4-8-23(2)11-15/h9-10,12,14-15H,4-8,11H2,1-3H3,(H2,21,22,26)/t15-/m0/s1. The van der Waals surface area contributed by atoms with Crippen molar-refractivity contribution in [2.45, 2.75) is 44.6 Å². The Kier molecular flexibility index (Phi) is 5.84. The number of likely N-dealkylation sites (N-methyl/N-ethyl adjacent to an activating group) is 1. The van der Waals surface area contributed by atoms with E-state index in [1.807, 2.05) is 19.4 Å². The minimum Gasteiger partial charge on any atom is -0.306 e. The van der Waals surface area contributed by atoms with Crippen molar-refractivity contribution < 1.29 is 4.79 Å². The zero-order valence-corrected chi connectivity index (χ0v) is 18.3. The molecule has 1 aliphatic carbocycles. The topological polar surface area (TPSA) is 65.4 Å². The number of nitrogens with zero attached hydrogens (tertiary/aromatic N) is 4. The van der Waals surface area contributed by atoms with E-state index in [1.165, 1.54) is 34.7 Å². The van der Waals surface area contributed by atoms with E-state index in [9.17, 15) is 4.79 Å². The molecule has 0 bridgehead atoms. The summed E-state index contributed by atoms with van der Waals surface area (Å²) in [6, 6.07) is 2.23. The van der Waals surface area contributed by atoms with Crippen LogP contribution in [0.15, 0.2) is 18.5 Å². The van der Waals surface area contributed by atoms with Crippen LogP contribution in [0.1, 0.15) is 41.4 Å². The Morgan fingerprint density at radius 1 is 1.36 bits per heavy atom. The summed E-state index contributed by atoms with van der Waals surface area (Å²) < 4.78 is 6.97. The van der Waals surface area contributed by atoms with Gasteiger partial charge in [-0.3, -0.25) is 13.7 Å². The van der Waals surface area contributed by atoms with Crippen molar-refractivity contribution in [3.05, 3.63) is 28.2 Å². The molecule has 7 nitrogen and oxygen atoms in total. The van der Waals surface area contributed by atoms with Gasteiger partial charge in [0.15, 0.2) is 0 Å². The van der Waals surface area contributed by atoms with Crippen molar-refractivity contribution in [2.75, 3.05) is 29.8 Å². The highest BCUT2D eigenvalue weighted by atomic mass is 32.2. The first-order chi connectivity index (χ1) is 13.5. The van der Waals surface area contributed by atoms with Gasteiger partial charge in [-0.05, 0) is 58.2 Å². The van der Waals surface area contributed by atoms with Gasteiger partial charge in [0.2, 0.25) is 0 Å². The minimum absolute atomic E-state index is 0.178. The average Bonchev–Trinajstić information content (AvgIpc) is 3.31. The highest BCUT2D eigenvalue weighted by Crippen LogP contribution is 2.47. The lowest BCUT2D eigenvalue weighted by Gasteiger charge is -2.37. The molecular weight excluding hydrogens is 392 g/mol. The minimum atomic E-state index is -0.178. The van der Waals surface area contributed by atoms with E-state index in [-0.39, 0.29) is 6.03 Å². The molecule has 2 aromatic heterocycles. The van der Waals surface area contributed by atoms with Crippen LogP contribution in [0, 0.1) is 6.92 Å². The summed E-state index contributed by atoms with van der Waals surface area (Å²) in [5.74, 6) is 0.631. The lowest BCUT2D eigenvalue weighted by molar-refractivity contribution is 0.253. The van der Waals surface area contributed by atoms with Crippen molar-refractivity contribution in [3.63, 3.8) is 0 Å². The molecule has 4 rings (SSSR count). The molecule has 2 amide bonds. The number of piperidine rings is 1. The largest absolute Gasteiger partial charge is 0.330 e. The predicted molar refractivity (Wildman–Crippen MR) is 117 cm³/mol. The molecule has 3 heterocycles. The van der Waals surface area contributed by atoms with Gasteiger partial charge in [0, 0.05) is 29.5 Å². The van der Waals surface area contributed by atoms with Crippen LogP contribution in [0.2, 0.25) is 0 Å². The summed E-state index contributed by atoms with van der Waals surface area (Å²) in [5, 5.41) is 7.37. The summed E-state index contributed by atoms with van der Waals surface area (Å²) in [6.45, 7) is 4.19. The Morgan fingerprint density at radius 2 is 2.18 bits per heavy atom. The Balaban J connectivity index is 1.41. The number of carbonyl (C=O) groups excluding carboxylic acids is 1. The van der Waals surface area contributed by atoms with Crippen molar-refractivity contribution in [1.82, 2.24) is 19.4 Å². The molecule has 0 radical (unpaired) electrons. The van der Waals surface area contributed by atoms with Crippen molar-refractivity contribution >= 4 is 40.9 Å². The van der Waals surface area contributed by atoms with Crippen LogP contribution in [0.5, 0.6) is 0 Å². The van der Waals surface area contributed by atoms with Crippen LogP contribution in [0.25, 0.3) is 0 Å². The van der Waals surface area contributed by atoms with Crippen molar-refractivity contribution in [1.29, 1.82) is 0 Å². The summed E-state index contributed by atoms with van der Waals surface area (Å²) >= 11 is 3.15. The highest BCUT2D eigenvalue weighted by molar-refractivity contribution is 7.99. The molecule has 1 saturated carbocycles. The fraction of sp³-hybridized carbons (Fsp3) is 0.579. The third-order valence-electron chi connectivity index (χ3n) is 5.19. The number of carbonyl (C=O) groups is 1. The molecule has 2 N–H and O–H groups in total. The Morgan fingerprint density at radius 3 is 2.86 bits per heavy atom. The number of amides is 2. The van der Waals surface area contributed by atoms with E-state index < -0.39 is 0 Å². The van der Waals surface area contributed by atoms with Crippen LogP contribution in [-0.2, 0) is 7.05 Å². The van der Waals surface area contributed by atoms with E-state index >= 15 is 0 Å². The first kappa shape index (κ1) is 19.6. The quantitative estimate of drug-likeness (QED) is 0.693. The van der Waals surface area contributed by atoms with Crippen molar-refractivity contribution in [3.8, 4) is 0 Å². The number of hydrogen-bond donors (Lipinski definition) is 2. The Labute approximate surface area is 174 Å². The number of aryl methyl sites for hydroxylation is 2. The molecule has 0 unspecified atom stereocenters. The molecule has 1 atom stereocenters. The molecule has 152 valence electrons. The number of likely N-dealkylation sites (tertiary alicyclic amines) is 1. The van der Waals surface area contributed by atoms with E-state index in [0.29, 0.717) is 12.0 Å². The monoisotopic (exact) mass is 420 g/mol. The van der Waals surface area contributed by atoms with Crippen molar-refractivity contribution in [2.24, 2.45) is 7.05 Å². The first-order valence-electron chi connectivity index (χ1n) is 9.80. The second-order valence-electron chi connectivity index (χ2n) is 7.81. The smallest absolute Gasteiger partial charge is 0.306 e. The molecule has 1 saturated heterocycles. The molecule has 0 aromatic carbocycles. The fourth-order valence-electron chi connectivity index (χ4n) is 3.71. The average molecular weight is 421 g/mol. The van der Waals surface area contributed by atoms with E-state index in [0.717, 1.165) is 37.3 Å². The van der Waals surface area contributed by atoms with Gasteiger partial charge < -0.3 is 10.2 Å². The summed E-state index contributed by atoms with van der Waals surface area (Å²) in [7, 11) is 4.06. The SMILES string of the molecule is Cc1cc(NC(=O)NSN(c2cnn(C)c2)[C@H]2CCCN(C)C2)c(C2CC2)s1. The maximum atomic E-state index is 12.6. The van der Waals surface area contributed by atoms with E-state index in [1.54, 1.807) is 16.0 Å². The number of nitrogens with one attached hydrogen (secondary N) is 2. The molecule has 0 spiro atoms. The number of rotatable bonds is 6. The zero-order valence-electron chi connectivity index (χ0n) is 16.6. The Bertz CT molecular complexity index is 830. The van der Waals surface area contributed by atoms with Gasteiger partial charge in [-0.15, -0.1) is 11.3 Å². The fourth-order valence-corrected chi connectivity index (χ4v) is 5.61. The first-order valence-corrected chi connectivity index (χ1v) is 11.4. The van der Waals surface area contributed by atoms with Gasteiger partial charge >= 0.3 is 6.03 Å². The van der Waals surface area contributed by atoms with Crippen LogP contribution in [0.3, 0.4) is 0 Å². The summed E-state index contributed by atoms with van der Waals surface area (Å²) in [6.07, 6.45) is 8.57. The van der Waals surface area contributed by atoms with Gasteiger partial charge in [-0.2, -0.15) is 5.10 Å². The van der Waals surface area contributed by atoms with Gasteiger partial charge in [0.25, 0.3) is 0 Å². The van der Waals surface area contributed by atoms with E-state index in [4.69, 9.17) is 0 Å². The van der Waals surface area contributed by atoms with Crippen LogP contribution < -0.4 is 14.3 Å². The lowest BCUT2D eigenvalue weighted by Crippen LogP contribution is -2.45. The van der Waals surface area contributed by atoms with Crippen LogP contribution in [0.4, 0.5) is 16.2 Å². The third-order valence-corrected chi connectivity index (χ3v) is 7.39. The molecule has 9 heteroatoms. The molecule has 28 heavy (non-hydrogen) atoms. The number of aromatic nitrogens is 2. The maximum Gasteiger partial charge on any atom is 0.330 e. The lowest BCUT2D eigenvalue weighted by atomic mass is 10.1. The normalized spacial score (nSPS) is 20.2. The van der Waals surface area contributed by atoms with E-state index in [2.05, 4.69) is 44.4 Å². The number of thiophene rings is 1. The summed E-state index contributed by atoms with van der Waals surface area (Å²) in [4.78, 5) is 17.5. The molecule has 2 aliphatic rings. The molecule has 2 fully saturated rings. The second-order valence-corrected chi connectivity index (χ2v) is 9.88. The summed E-state index contributed by atoms with van der Waals surface area (Å²) in [5.41, 5.74) is 1.98. The molecular formula is C19H28N6OS2. The van der Waals surface area contributed by atoms with Gasteiger partial charge in [-0.1, -0.05) is 0 Å².